The zero-order valence-electron chi connectivity index (χ0n) is 15.1. The van der Waals surface area contributed by atoms with Crippen molar-refractivity contribution in [2.75, 3.05) is 6.54 Å². The van der Waals surface area contributed by atoms with Gasteiger partial charge in [0.2, 0.25) is 5.91 Å². The topological polar surface area (TPSA) is 64.0 Å². The fourth-order valence-electron chi connectivity index (χ4n) is 2.84. The first-order chi connectivity index (χ1) is 12.5. The minimum atomic E-state index is -0.199. The molecule has 0 spiro atoms. The van der Waals surface area contributed by atoms with Crippen LogP contribution in [-0.2, 0) is 17.8 Å². The molecule has 3 aromatic rings. The minimum Gasteiger partial charge on any atom is -0.354 e. The number of fused-ring (bicyclic) bond motifs is 1. The highest BCUT2D eigenvalue weighted by atomic mass is 16.2. The van der Waals surface area contributed by atoms with E-state index in [0.717, 1.165) is 6.42 Å². The maximum absolute atomic E-state index is 12.4. The number of rotatable bonds is 6. The van der Waals surface area contributed by atoms with Crippen molar-refractivity contribution in [3.63, 3.8) is 0 Å². The maximum atomic E-state index is 12.4. The van der Waals surface area contributed by atoms with Crippen molar-refractivity contribution in [2.24, 2.45) is 0 Å². The summed E-state index contributed by atoms with van der Waals surface area (Å²) in [5.74, 6) is 0.320. The second kappa shape index (κ2) is 7.95. The largest absolute Gasteiger partial charge is 0.354 e. The first kappa shape index (κ1) is 17.9. The van der Waals surface area contributed by atoms with Gasteiger partial charge < -0.3 is 5.32 Å². The Kier molecular flexibility index (Phi) is 5.46. The van der Waals surface area contributed by atoms with Crippen LogP contribution in [0.2, 0.25) is 0 Å². The van der Waals surface area contributed by atoms with E-state index in [2.05, 4.69) is 48.4 Å². The standard InChI is InChI=1S/C21H23N3O2/c1-15(2)17-9-7-16(8-10-17)11-12-22-20(25)13-24-14-23-19-6-4-3-5-18(19)21(24)26/h3-10,14-15H,11-13H2,1-2H3,(H,22,25). The minimum absolute atomic E-state index is 0.0248. The van der Waals surface area contributed by atoms with Gasteiger partial charge in [-0.25, -0.2) is 4.98 Å². The summed E-state index contributed by atoms with van der Waals surface area (Å²) >= 11 is 0. The average Bonchev–Trinajstić information content (AvgIpc) is 2.65. The van der Waals surface area contributed by atoms with Gasteiger partial charge in [-0.3, -0.25) is 14.2 Å². The van der Waals surface area contributed by atoms with Gasteiger partial charge in [-0.15, -0.1) is 0 Å². The molecule has 0 atom stereocenters. The van der Waals surface area contributed by atoms with Gasteiger partial charge in [-0.05, 0) is 35.6 Å². The van der Waals surface area contributed by atoms with Crippen molar-refractivity contribution < 1.29 is 4.79 Å². The van der Waals surface area contributed by atoms with Gasteiger partial charge in [0.05, 0.1) is 17.2 Å². The Morgan fingerprint density at radius 2 is 1.85 bits per heavy atom. The molecule has 1 amide bonds. The van der Waals surface area contributed by atoms with Crippen molar-refractivity contribution in [3.8, 4) is 0 Å². The van der Waals surface area contributed by atoms with Crippen LogP contribution in [0.15, 0.2) is 59.7 Å². The fraction of sp³-hybridized carbons (Fsp3) is 0.286. The lowest BCUT2D eigenvalue weighted by Crippen LogP contribution is -2.33. The van der Waals surface area contributed by atoms with Crippen LogP contribution in [0.3, 0.4) is 0 Å². The average molecular weight is 349 g/mol. The van der Waals surface area contributed by atoms with Gasteiger partial charge in [-0.2, -0.15) is 0 Å². The van der Waals surface area contributed by atoms with Crippen molar-refractivity contribution in [2.45, 2.75) is 32.7 Å². The third kappa shape index (κ3) is 4.17. The van der Waals surface area contributed by atoms with Gasteiger partial charge in [-0.1, -0.05) is 50.2 Å². The van der Waals surface area contributed by atoms with Crippen molar-refractivity contribution >= 4 is 16.8 Å². The molecule has 1 heterocycles. The smallest absolute Gasteiger partial charge is 0.261 e. The van der Waals surface area contributed by atoms with Gasteiger partial charge >= 0.3 is 0 Å². The fourth-order valence-corrected chi connectivity index (χ4v) is 2.84. The number of amides is 1. The number of carbonyl (C=O) groups excluding carboxylic acids is 1. The Morgan fingerprint density at radius 3 is 2.58 bits per heavy atom. The molecule has 5 heteroatoms. The lowest BCUT2D eigenvalue weighted by atomic mass is 10.0. The molecule has 0 saturated heterocycles. The van der Waals surface area contributed by atoms with E-state index in [-0.39, 0.29) is 18.0 Å². The molecule has 0 fully saturated rings. The summed E-state index contributed by atoms with van der Waals surface area (Å²) in [5.41, 5.74) is 2.93. The molecule has 0 unspecified atom stereocenters. The van der Waals surface area contributed by atoms with Crippen LogP contribution in [0.25, 0.3) is 10.9 Å². The molecule has 1 aromatic heterocycles. The van der Waals surface area contributed by atoms with Crippen LogP contribution in [0.1, 0.15) is 30.9 Å². The Hall–Kier alpha value is -2.95. The Balaban J connectivity index is 1.56. The van der Waals surface area contributed by atoms with Crippen LogP contribution < -0.4 is 10.9 Å². The summed E-state index contributed by atoms with van der Waals surface area (Å²) in [6.45, 7) is 4.84. The van der Waals surface area contributed by atoms with Gasteiger partial charge in [0.15, 0.2) is 0 Å². The molecule has 3 rings (SSSR count). The van der Waals surface area contributed by atoms with Crippen molar-refractivity contribution in [1.29, 1.82) is 0 Å². The summed E-state index contributed by atoms with van der Waals surface area (Å²) in [5, 5.41) is 3.39. The quantitative estimate of drug-likeness (QED) is 0.744. The molecule has 0 aliphatic carbocycles. The zero-order valence-corrected chi connectivity index (χ0v) is 15.1. The summed E-state index contributed by atoms with van der Waals surface area (Å²) in [4.78, 5) is 28.8. The number of nitrogens with one attached hydrogen (secondary N) is 1. The molecule has 26 heavy (non-hydrogen) atoms. The monoisotopic (exact) mass is 349 g/mol. The van der Waals surface area contributed by atoms with Crippen molar-refractivity contribution in [3.05, 3.63) is 76.3 Å². The maximum Gasteiger partial charge on any atom is 0.261 e. The predicted octanol–water partition coefficient (Wildman–Crippen LogP) is 2.88. The number of nitrogens with zero attached hydrogens (tertiary/aromatic N) is 2. The van der Waals surface area contributed by atoms with E-state index in [9.17, 15) is 9.59 Å². The third-order valence-corrected chi connectivity index (χ3v) is 4.43. The number of aromatic nitrogens is 2. The van der Waals surface area contributed by atoms with Crippen LogP contribution in [0, 0.1) is 0 Å². The second-order valence-corrected chi connectivity index (χ2v) is 6.69. The molecule has 0 aliphatic rings. The third-order valence-electron chi connectivity index (χ3n) is 4.43. The molecule has 5 nitrogen and oxygen atoms in total. The van der Waals surface area contributed by atoms with Crippen LogP contribution in [-0.4, -0.2) is 22.0 Å². The lowest BCUT2D eigenvalue weighted by molar-refractivity contribution is -0.121. The first-order valence-corrected chi connectivity index (χ1v) is 8.84. The predicted molar refractivity (Wildman–Crippen MR) is 103 cm³/mol. The highest BCUT2D eigenvalue weighted by Gasteiger charge is 2.07. The molecule has 1 N–H and O–H groups in total. The molecule has 134 valence electrons. The molecule has 0 saturated carbocycles. The van der Waals surface area contributed by atoms with E-state index in [1.165, 1.54) is 22.0 Å². The normalized spacial score (nSPS) is 11.0. The highest BCUT2D eigenvalue weighted by molar-refractivity contribution is 5.78. The molecular formula is C21H23N3O2. The summed E-state index contributed by atoms with van der Waals surface area (Å²) in [6, 6.07) is 15.6. The van der Waals surface area contributed by atoms with E-state index in [4.69, 9.17) is 0 Å². The van der Waals surface area contributed by atoms with Crippen LogP contribution in [0.4, 0.5) is 0 Å². The summed E-state index contributed by atoms with van der Waals surface area (Å²) in [6.07, 6.45) is 2.18. The summed E-state index contributed by atoms with van der Waals surface area (Å²) in [7, 11) is 0. The van der Waals surface area contributed by atoms with E-state index in [1.54, 1.807) is 18.2 Å². The van der Waals surface area contributed by atoms with Gasteiger partial charge in [0.1, 0.15) is 6.54 Å². The van der Waals surface area contributed by atoms with Crippen LogP contribution in [0.5, 0.6) is 0 Å². The van der Waals surface area contributed by atoms with Gasteiger partial charge in [0, 0.05) is 6.54 Å². The number of hydrogen-bond donors (Lipinski definition) is 1. The number of para-hydroxylation sites is 1. The Bertz CT molecular complexity index is 959. The van der Waals surface area contributed by atoms with Gasteiger partial charge in [0.25, 0.3) is 5.56 Å². The SMILES string of the molecule is CC(C)c1ccc(CCNC(=O)Cn2cnc3ccccc3c2=O)cc1. The zero-order chi connectivity index (χ0) is 18.5. The molecule has 0 radical (unpaired) electrons. The number of hydrogen-bond acceptors (Lipinski definition) is 3. The summed E-state index contributed by atoms with van der Waals surface area (Å²) < 4.78 is 1.34. The van der Waals surface area contributed by atoms with Crippen LogP contribution >= 0.6 is 0 Å². The molecular weight excluding hydrogens is 326 g/mol. The highest BCUT2D eigenvalue weighted by Crippen LogP contribution is 2.14. The second-order valence-electron chi connectivity index (χ2n) is 6.69. The van der Waals surface area contributed by atoms with Crippen molar-refractivity contribution in [1.82, 2.24) is 14.9 Å². The molecule has 2 aromatic carbocycles. The Labute approximate surface area is 152 Å². The molecule has 0 aliphatic heterocycles. The first-order valence-electron chi connectivity index (χ1n) is 8.84. The lowest BCUT2D eigenvalue weighted by Gasteiger charge is -2.09. The number of carbonyl (C=O) groups is 1. The van der Waals surface area contributed by atoms with E-state index >= 15 is 0 Å². The number of benzene rings is 2. The molecule has 0 bridgehead atoms. The van der Waals surface area contributed by atoms with E-state index in [0.29, 0.717) is 23.4 Å². The van der Waals surface area contributed by atoms with E-state index in [1.807, 2.05) is 6.07 Å². The Morgan fingerprint density at radius 1 is 1.12 bits per heavy atom. The van der Waals surface area contributed by atoms with E-state index < -0.39 is 0 Å².